The average Bonchev–Trinajstić information content (AvgIpc) is 3.32. The van der Waals surface area contributed by atoms with Gasteiger partial charge < -0.3 is 24.4 Å². The van der Waals surface area contributed by atoms with Crippen molar-refractivity contribution in [2.75, 3.05) is 26.7 Å². The SMILES string of the molecule is COc1ccc2[nH]c3c(c2c1)CCNC31CCN(C(=O)c2ocnc2C)CC1. The fourth-order valence-corrected chi connectivity index (χ4v) is 4.71. The van der Waals surface area contributed by atoms with Gasteiger partial charge in [0.2, 0.25) is 5.76 Å². The van der Waals surface area contributed by atoms with Crippen LogP contribution < -0.4 is 10.1 Å². The van der Waals surface area contributed by atoms with Crippen molar-refractivity contribution in [3.8, 4) is 5.75 Å². The summed E-state index contributed by atoms with van der Waals surface area (Å²) in [6.07, 6.45) is 4.05. The Morgan fingerprint density at radius 2 is 2.14 bits per heavy atom. The summed E-state index contributed by atoms with van der Waals surface area (Å²) in [6, 6.07) is 6.20. The summed E-state index contributed by atoms with van der Waals surface area (Å²) in [6.45, 7) is 4.11. The number of carbonyl (C=O) groups is 1. The Morgan fingerprint density at radius 1 is 1.32 bits per heavy atom. The molecule has 0 unspecified atom stereocenters. The molecule has 0 radical (unpaired) electrons. The fourth-order valence-electron chi connectivity index (χ4n) is 4.71. The van der Waals surface area contributed by atoms with Crippen LogP contribution in [0.25, 0.3) is 10.9 Å². The van der Waals surface area contributed by atoms with Crippen LogP contribution in [0.4, 0.5) is 0 Å². The Balaban J connectivity index is 1.44. The Hall–Kier alpha value is -2.80. The highest BCUT2D eigenvalue weighted by Gasteiger charge is 2.42. The second kappa shape index (κ2) is 6.38. The summed E-state index contributed by atoms with van der Waals surface area (Å²) in [5.41, 5.74) is 4.31. The molecular weight excluding hydrogens is 356 g/mol. The highest BCUT2D eigenvalue weighted by Crippen LogP contribution is 2.41. The molecule has 1 aromatic carbocycles. The smallest absolute Gasteiger partial charge is 0.291 e. The summed E-state index contributed by atoms with van der Waals surface area (Å²) in [5.74, 6) is 1.16. The monoisotopic (exact) mass is 380 g/mol. The van der Waals surface area contributed by atoms with Gasteiger partial charge in [-0.3, -0.25) is 4.79 Å². The minimum absolute atomic E-state index is 0.0673. The molecule has 7 nitrogen and oxygen atoms in total. The number of aromatic amines is 1. The van der Waals surface area contributed by atoms with Gasteiger partial charge in [-0.25, -0.2) is 4.98 Å². The van der Waals surface area contributed by atoms with Crippen molar-refractivity contribution >= 4 is 16.8 Å². The van der Waals surface area contributed by atoms with E-state index in [2.05, 4.69) is 27.4 Å². The van der Waals surface area contributed by atoms with Gasteiger partial charge in [-0.15, -0.1) is 0 Å². The number of methoxy groups -OCH3 is 1. The molecule has 2 aromatic heterocycles. The van der Waals surface area contributed by atoms with Gasteiger partial charge >= 0.3 is 0 Å². The molecule has 4 heterocycles. The number of hydrogen-bond acceptors (Lipinski definition) is 5. The average molecular weight is 380 g/mol. The van der Waals surface area contributed by atoms with Crippen LogP contribution in [0.1, 0.15) is 40.3 Å². The number of aromatic nitrogens is 2. The van der Waals surface area contributed by atoms with E-state index in [9.17, 15) is 4.79 Å². The molecule has 3 aromatic rings. The van der Waals surface area contributed by atoms with E-state index < -0.39 is 0 Å². The molecule has 7 heteroatoms. The van der Waals surface area contributed by atoms with Gasteiger partial charge in [0.05, 0.1) is 18.3 Å². The van der Waals surface area contributed by atoms with Gasteiger partial charge in [0.15, 0.2) is 6.39 Å². The van der Waals surface area contributed by atoms with Gasteiger partial charge in [-0.1, -0.05) is 0 Å². The standard InChI is InChI=1S/C21H24N4O3/c1-13-18(28-12-22-13)20(26)25-9-6-21(7-10-25)19-15(5-8-23-21)16-11-14(27-2)3-4-17(16)24-19/h3-4,11-12,23-24H,5-10H2,1-2H3. The number of nitrogens with zero attached hydrogens (tertiary/aromatic N) is 2. The molecule has 1 fully saturated rings. The van der Waals surface area contributed by atoms with Crippen molar-refractivity contribution in [3.05, 3.63) is 47.3 Å². The van der Waals surface area contributed by atoms with Crippen LogP contribution in [-0.4, -0.2) is 47.5 Å². The summed E-state index contributed by atoms with van der Waals surface area (Å²) < 4.78 is 10.7. The molecule has 0 aliphatic carbocycles. The van der Waals surface area contributed by atoms with Crippen LogP contribution in [0.3, 0.4) is 0 Å². The van der Waals surface area contributed by atoms with E-state index in [0.29, 0.717) is 24.5 Å². The highest BCUT2D eigenvalue weighted by atomic mass is 16.5. The third-order valence-corrected chi connectivity index (χ3v) is 6.27. The number of amides is 1. The zero-order chi connectivity index (χ0) is 19.3. The lowest BCUT2D eigenvalue weighted by atomic mass is 9.79. The van der Waals surface area contributed by atoms with Gasteiger partial charge in [-0.05, 0) is 49.9 Å². The van der Waals surface area contributed by atoms with Crippen LogP contribution in [-0.2, 0) is 12.0 Å². The van der Waals surface area contributed by atoms with Crippen LogP contribution in [0.5, 0.6) is 5.75 Å². The number of hydrogen-bond donors (Lipinski definition) is 2. The number of nitrogens with one attached hydrogen (secondary N) is 2. The molecular formula is C21H24N4O3. The summed E-state index contributed by atoms with van der Waals surface area (Å²) in [5, 5.41) is 4.99. The molecule has 1 amide bonds. The Bertz CT molecular complexity index is 1040. The Labute approximate surface area is 163 Å². The number of likely N-dealkylation sites (tertiary alicyclic amines) is 1. The number of oxazole rings is 1. The number of aryl methyl sites for hydroxylation is 1. The number of benzene rings is 1. The normalized spacial score (nSPS) is 18.4. The third-order valence-electron chi connectivity index (χ3n) is 6.27. The first-order valence-electron chi connectivity index (χ1n) is 9.75. The van der Waals surface area contributed by atoms with Crippen molar-refractivity contribution in [1.29, 1.82) is 0 Å². The molecule has 5 rings (SSSR count). The van der Waals surface area contributed by atoms with E-state index in [0.717, 1.165) is 37.1 Å². The molecule has 0 saturated carbocycles. The third kappa shape index (κ3) is 2.53. The first-order chi connectivity index (χ1) is 13.6. The largest absolute Gasteiger partial charge is 0.497 e. The maximum Gasteiger partial charge on any atom is 0.291 e. The molecule has 2 aliphatic rings. The first-order valence-corrected chi connectivity index (χ1v) is 9.75. The van der Waals surface area contributed by atoms with Gasteiger partial charge in [0, 0.05) is 36.2 Å². The number of rotatable bonds is 2. The highest BCUT2D eigenvalue weighted by molar-refractivity contribution is 5.92. The van der Waals surface area contributed by atoms with Gasteiger partial charge in [-0.2, -0.15) is 0 Å². The van der Waals surface area contributed by atoms with Crippen molar-refractivity contribution < 1.29 is 13.9 Å². The van der Waals surface area contributed by atoms with Crippen LogP contribution >= 0.6 is 0 Å². The van der Waals surface area contributed by atoms with Gasteiger partial charge in [0.25, 0.3) is 5.91 Å². The molecule has 146 valence electrons. The van der Waals surface area contributed by atoms with Crippen molar-refractivity contribution in [1.82, 2.24) is 20.2 Å². The molecule has 2 aliphatic heterocycles. The Morgan fingerprint density at radius 3 is 2.86 bits per heavy atom. The maximum absolute atomic E-state index is 12.8. The predicted molar refractivity (Wildman–Crippen MR) is 105 cm³/mol. The predicted octanol–water partition coefficient (Wildman–Crippen LogP) is 2.75. The second-order valence-electron chi connectivity index (χ2n) is 7.71. The summed E-state index contributed by atoms with van der Waals surface area (Å²) in [4.78, 5) is 22.3. The molecule has 2 N–H and O–H groups in total. The molecule has 0 bridgehead atoms. The topological polar surface area (TPSA) is 83.4 Å². The molecule has 28 heavy (non-hydrogen) atoms. The van der Waals surface area contributed by atoms with Crippen molar-refractivity contribution in [2.45, 2.75) is 31.7 Å². The fraction of sp³-hybridized carbons (Fsp3) is 0.429. The molecule has 0 atom stereocenters. The van der Waals surface area contributed by atoms with Crippen LogP contribution in [0.2, 0.25) is 0 Å². The number of ether oxygens (including phenoxy) is 1. The van der Waals surface area contributed by atoms with E-state index >= 15 is 0 Å². The minimum Gasteiger partial charge on any atom is -0.497 e. The number of piperidine rings is 1. The van der Waals surface area contributed by atoms with E-state index in [1.54, 1.807) is 14.0 Å². The lowest BCUT2D eigenvalue weighted by molar-refractivity contribution is 0.0595. The van der Waals surface area contributed by atoms with E-state index in [4.69, 9.17) is 9.15 Å². The molecule has 1 spiro atoms. The lowest BCUT2D eigenvalue weighted by Gasteiger charge is -2.44. The maximum atomic E-state index is 12.8. The van der Waals surface area contributed by atoms with Gasteiger partial charge in [0.1, 0.15) is 5.75 Å². The number of fused-ring (bicyclic) bond motifs is 4. The quantitative estimate of drug-likeness (QED) is 0.714. The van der Waals surface area contributed by atoms with Crippen LogP contribution in [0.15, 0.2) is 29.0 Å². The van der Waals surface area contributed by atoms with E-state index in [-0.39, 0.29) is 11.4 Å². The molecule has 1 saturated heterocycles. The zero-order valence-corrected chi connectivity index (χ0v) is 16.2. The number of carbonyl (C=O) groups excluding carboxylic acids is 1. The zero-order valence-electron chi connectivity index (χ0n) is 16.2. The Kier molecular flexibility index (Phi) is 3.94. The van der Waals surface area contributed by atoms with Crippen molar-refractivity contribution in [2.24, 2.45) is 0 Å². The second-order valence-corrected chi connectivity index (χ2v) is 7.71. The van der Waals surface area contributed by atoms with Crippen LogP contribution in [0, 0.1) is 6.92 Å². The van der Waals surface area contributed by atoms with E-state index in [1.165, 1.54) is 23.0 Å². The first kappa shape index (κ1) is 17.3. The number of H-pyrrole nitrogens is 1. The lowest BCUT2D eigenvalue weighted by Crippen LogP contribution is -2.55. The van der Waals surface area contributed by atoms with Crippen molar-refractivity contribution in [3.63, 3.8) is 0 Å². The minimum atomic E-state index is -0.118. The van der Waals surface area contributed by atoms with E-state index in [1.807, 2.05) is 11.0 Å². The summed E-state index contributed by atoms with van der Waals surface area (Å²) in [7, 11) is 1.70. The summed E-state index contributed by atoms with van der Waals surface area (Å²) >= 11 is 0.